The van der Waals surface area contributed by atoms with Crippen LogP contribution >= 0.6 is 0 Å². The molecule has 1 atom stereocenters. The summed E-state index contributed by atoms with van der Waals surface area (Å²) in [5.41, 5.74) is -0.127. The van der Waals surface area contributed by atoms with Gasteiger partial charge in [-0.1, -0.05) is 52.4 Å². The fourth-order valence-corrected chi connectivity index (χ4v) is 2.81. The molecule has 0 aromatic heterocycles. The third kappa shape index (κ3) is 6.20. The second-order valence-electron chi connectivity index (χ2n) is 6.14. The summed E-state index contributed by atoms with van der Waals surface area (Å²) < 4.78 is 5.30. The van der Waals surface area contributed by atoms with Crippen LogP contribution in [0.3, 0.4) is 0 Å². The van der Waals surface area contributed by atoms with Crippen LogP contribution in [-0.2, 0) is 14.3 Å². The van der Waals surface area contributed by atoms with Crippen LogP contribution in [0.25, 0.3) is 0 Å². The van der Waals surface area contributed by atoms with Crippen LogP contribution in [0.5, 0.6) is 0 Å². The number of aliphatic hydroxyl groups excluding tert-OH is 1. The summed E-state index contributed by atoms with van der Waals surface area (Å²) in [4.78, 5) is 23.9. The molecule has 22 heavy (non-hydrogen) atoms. The molecule has 0 bridgehead atoms. The first-order valence-corrected chi connectivity index (χ1v) is 8.76. The van der Waals surface area contributed by atoms with Gasteiger partial charge in [-0.15, -0.1) is 0 Å². The van der Waals surface area contributed by atoms with Crippen molar-refractivity contribution in [3.63, 3.8) is 0 Å². The second-order valence-corrected chi connectivity index (χ2v) is 6.14. The van der Waals surface area contributed by atoms with Gasteiger partial charge in [-0.3, -0.25) is 4.79 Å². The number of hydrogen-bond acceptors (Lipinski definition) is 4. The highest BCUT2D eigenvalue weighted by Crippen LogP contribution is 2.24. The lowest BCUT2D eigenvalue weighted by molar-refractivity contribution is -0.151. The zero-order chi connectivity index (χ0) is 16.4. The number of cyclic esters (lactones) is 1. The Morgan fingerprint density at radius 3 is 2.27 bits per heavy atom. The van der Waals surface area contributed by atoms with Crippen LogP contribution in [0.2, 0.25) is 0 Å². The normalized spacial score (nSPS) is 20.9. The molecule has 0 radical (unpaired) electrons. The van der Waals surface area contributed by atoms with E-state index in [2.05, 4.69) is 6.92 Å². The van der Waals surface area contributed by atoms with Crippen molar-refractivity contribution in [1.29, 1.82) is 0 Å². The number of esters is 1. The van der Waals surface area contributed by atoms with Crippen LogP contribution in [0.15, 0.2) is 11.3 Å². The van der Waals surface area contributed by atoms with Crippen molar-refractivity contribution >= 4 is 11.8 Å². The Kier molecular flexibility index (Phi) is 8.86. The maximum Gasteiger partial charge on any atom is 0.345 e. The van der Waals surface area contributed by atoms with E-state index in [1.54, 1.807) is 0 Å². The fraction of sp³-hybridized carbons (Fsp3) is 0.778. The summed E-state index contributed by atoms with van der Waals surface area (Å²) in [6.07, 6.45) is 10.1. The van der Waals surface area contributed by atoms with Crippen molar-refractivity contribution in [3.05, 3.63) is 11.3 Å². The Morgan fingerprint density at radius 1 is 1.05 bits per heavy atom. The van der Waals surface area contributed by atoms with Crippen molar-refractivity contribution < 1.29 is 19.4 Å². The lowest BCUT2D eigenvalue weighted by atomic mass is 9.96. The average Bonchev–Trinajstić information content (AvgIpc) is 2.46. The molecule has 0 unspecified atom stereocenters. The van der Waals surface area contributed by atoms with Crippen molar-refractivity contribution in [2.24, 2.45) is 0 Å². The Hall–Kier alpha value is -1.32. The smallest absolute Gasteiger partial charge is 0.345 e. The van der Waals surface area contributed by atoms with E-state index < -0.39 is 5.97 Å². The summed E-state index contributed by atoms with van der Waals surface area (Å²) in [6.45, 7) is 4.09. The van der Waals surface area contributed by atoms with Gasteiger partial charge < -0.3 is 9.84 Å². The summed E-state index contributed by atoms with van der Waals surface area (Å²) >= 11 is 0. The molecule has 1 N–H and O–H groups in total. The molecular formula is C18H30O4. The quantitative estimate of drug-likeness (QED) is 0.210. The zero-order valence-corrected chi connectivity index (χ0v) is 14.0. The molecule has 4 heteroatoms. The molecule has 0 saturated carbocycles. The largest absolute Gasteiger partial charge is 0.511 e. The van der Waals surface area contributed by atoms with Gasteiger partial charge in [0.2, 0.25) is 0 Å². The van der Waals surface area contributed by atoms with E-state index in [4.69, 9.17) is 4.74 Å². The van der Waals surface area contributed by atoms with E-state index in [1.807, 2.05) is 6.92 Å². The highest BCUT2D eigenvalue weighted by Gasteiger charge is 2.34. The summed E-state index contributed by atoms with van der Waals surface area (Å²) in [5.74, 6) is -1.03. The second kappa shape index (κ2) is 10.4. The predicted octanol–water partition coefficient (Wildman–Crippen LogP) is 4.62. The zero-order valence-electron chi connectivity index (χ0n) is 14.0. The third-order valence-electron chi connectivity index (χ3n) is 4.07. The van der Waals surface area contributed by atoms with E-state index in [-0.39, 0.29) is 29.6 Å². The van der Waals surface area contributed by atoms with Crippen LogP contribution < -0.4 is 0 Å². The lowest BCUT2D eigenvalue weighted by Gasteiger charge is -2.23. The van der Waals surface area contributed by atoms with Gasteiger partial charge in [-0.2, -0.15) is 0 Å². The van der Waals surface area contributed by atoms with Crippen molar-refractivity contribution in [1.82, 2.24) is 0 Å². The van der Waals surface area contributed by atoms with Gasteiger partial charge in [0.15, 0.2) is 5.78 Å². The van der Waals surface area contributed by atoms with Crippen LogP contribution in [-0.4, -0.2) is 23.0 Å². The molecular weight excluding hydrogens is 280 g/mol. The number of carbonyl (C=O) groups is 2. The van der Waals surface area contributed by atoms with Gasteiger partial charge in [0.25, 0.3) is 0 Å². The third-order valence-corrected chi connectivity index (χ3v) is 4.07. The van der Waals surface area contributed by atoms with Gasteiger partial charge in [-0.05, 0) is 19.3 Å². The molecule has 126 valence electrons. The monoisotopic (exact) mass is 310 g/mol. The molecule has 0 aromatic carbocycles. The minimum absolute atomic E-state index is 0.119. The van der Waals surface area contributed by atoms with E-state index >= 15 is 0 Å². The van der Waals surface area contributed by atoms with E-state index in [9.17, 15) is 14.7 Å². The van der Waals surface area contributed by atoms with E-state index in [0.717, 1.165) is 19.3 Å². The number of ether oxygens (including phenoxy) is 1. The van der Waals surface area contributed by atoms with Crippen molar-refractivity contribution in [2.45, 2.75) is 90.6 Å². The number of carbonyl (C=O) groups excluding carboxylic acids is 2. The van der Waals surface area contributed by atoms with Gasteiger partial charge in [-0.25, -0.2) is 4.79 Å². The SMILES string of the molecule is CCCCCCCCC[C@H]1CC(=O)C(=C(O)CCC)C(=O)O1. The first-order valence-electron chi connectivity index (χ1n) is 8.76. The first-order chi connectivity index (χ1) is 10.6. The summed E-state index contributed by atoms with van der Waals surface area (Å²) in [6, 6.07) is 0. The lowest BCUT2D eigenvalue weighted by Crippen LogP contribution is -2.33. The summed E-state index contributed by atoms with van der Waals surface area (Å²) in [7, 11) is 0. The summed E-state index contributed by atoms with van der Waals surface area (Å²) in [5, 5.41) is 9.78. The molecule has 1 aliphatic rings. The van der Waals surface area contributed by atoms with Crippen LogP contribution in [0.4, 0.5) is 0 Å². The number of unbranched alkanes of at least 4 members (excludes halogenated alkanes) is 6. The van der Waals surface area contributed by atoms with Crippen LogP contribution in [0, 0.1) is 0 Å². The standard InChI is InChI=1S/C18H30O4/c1-3-5-6-7-8-9-10-12-14-13-16(20)17(18(21)22-14)15(19)11-4-2/h14,19H,3-13H2,1-2H3/t14-/m0/s1. The number of Topliss-reactive ketones (excluding diaryl/α,β-unsaturated/α-hetero) is 1. The minimum Gasteiger partial charge on any atom is -0.511 e. The fourth-order valence-electron chi connectivity index (χ4n) is 2.81. The van der Waals surface area contributed by atoms with Gasteiger partial charge >= 0.3 is 5.97 Å². The molecule has 0 amide bonds. The predicted molar refractivity (Wildman–Crippen MR) is 86.7 cm³/mol. The van der Waals surface area contributed by atoms with Gasteiger partial charge in [0.05, 0.1) is 0 Å². The van der Waals surface area contributed by atoms with Gasteiger partial charge in [0, 0.05) is 12.8 Å². The average molecular weight is 310 g/mol. The number of ketones is 1. The molecule has 0 aromatic rings. The number of aliphatic hydroxyl groups is 1. The number of allylic oxidation sites excluding steroid dienone is 1. The van der Waals surface area contributed by atoms with Crippen LogP contribution in [0.1, 0.15) is 84.5 Å². The molecule has 0 spiro atoms. The minimum atomic E-state index is -0.643. The molecule has 1 heterocycles. The molecule has 4 nitrogen and oxygen atoms in total. The Labute approximate surface area is 133 Å². The highest BCUT2D eigenvalue weighted by molar-refractivity contribution is 6.19. The highest BCUT2D eigenvalue weighted by atomic mass is 16.5. The molecule has 1 fully saturated rings. The molecule has 1 aliphatic heterocycles. The maximum atomic E-state index is 12.0. The van der Waals surface area contributed by atoms with Crippen molar-refractivity contribution in [3.8, 4) is 0 Å². The Morgan fingerprint density at radius 2 is 1.68 bits per heavy atom. The Bertz CT molecular complexity index is 378. The number of rotatable bonds is 10. The Balaban J connectivity index is 2.31. The van der Waals surface area contributed by atoms with Crippen molar-refractivity contribution in [2.75, 3.05) is 0 Å². The topological polar surface area (TPSA) is 63.6 Å². The van der Waals surface area contributed by atoms with Gasteiger partial charge in [0.1, 0.15) is 17.4 Å². The molecule has 1 rings (SSSR count). The maximum absolute atomic E-state index is 12.0. The van der Waals surface area contributed by atoms with E-state index in [1.165, 1.54) is 32.1 Å². The van der Waals surface area contributed by atoms with E-state index in [0.29, 0.717) is 12.8 Å². The molecule has 0 aliphatic carbocycles. The first kappa shape index (κ1) is 18.7. The number of hydrogen-bond donors (Lipinski definition) is 1. The molecule has 1 saturated heterocycles.